The molecule has 2 N–H and O–H groups in total. The third-order valence-corrected chi connectivity index (χ3v) is 5.14. The number of anilines is 1. The Kier molecular flexibility index (Phi) is 4.21. The van der Waals surface area contributed by atoms with Crippen molar-refractivity contribution in [3.05, 3.63) is 58.1 Å². The molecule has 2 aromatic carbocycles. The van der Waals surface area contributed by atoms with E-state index < -0.39 is 5.92 Å². The maximum atomic E-state index is 12.9. The van der Waals surface area contributed by atoms with E-state index in [2.05, 4.69) is 26.6 Å². The Bertz CT molecular complexity index is 852. The molecule has 2 heterocycles. The van der Waals surface area contributed by atoms with Crippen LogP contribution in [0.3, 0.4) is 0 Å². The van der Waals surface area contributed by atoms with Crippen LogP contribution >= 0.6 is 15.9 Å². The Morgan fingerprint density at radius 2 is 2.04 bits per heavy atom. The van der Waals surface area contributed by atoms with Gasteiger partial charge in [0, 0.05) is 28.6 Å². The SMILES string of the molecule is O=C1CC(C(=O)NC2CCOc3ccc(Br)cc32)c2ccccc2N1. The summed E-state index contributed by atoms with van der Waals surface area (Å²) >= 11 is 3.47. The van der Waals surface area contributed by atoms with Crippen molar-refractivity contribution < 1.29 is 14.3 Å². The molecule has 2 aliphatic heterocycles. The van der Waals surface area contributed by atoms with Crippen LogP contribution in [-0.4, -0.2) is 18.4 Å². The molecule has 6 heteroatoms. The highest BCUT2D eigenvalue weighted by Crippen LogP contribution is 2.36. The number of para-hydroxylation sites is 1. The number of benzene rings is 2. The predicted molar refractivity (Wildman–Crippen MR) is 97.6 cm³/mol. The minimum absolute atomic E-state index is 0.120. The number of nitrogens with one attached hydrogen (secondary N) is 2. The van der Waals surface area contributed by atoms with E-state index in [0.29, 0.717) is 18.7 Å². The maximum absolute atomic E-state index is 12.9. The molecule has 0 aliphatic carbocycles. The van der Waals surface area contributed by atoms with Crippen molar-refractivity contribution in [1.82, 2.24) is 5.32 Å². The van der Waals surface area contributed by atoms with Gasteiger partial charge in [-0.15, -0.1) is 0 Å². The lowest BCUT2D eigenvalue weighted by molar-refractivity contribution is -0.127. The van der Waals surface area contributed by atoms with Crippen LogP contribution in [0.5, 0.6) is 5.75 Å². The summed E-state index contributed by atoms with van der Waals surface area (Å²) in [6.45, 7) is 0.557. The van der Waals surface area contributed by atoms with E-state index in [9.17, 15) is 9.59 Å². The van der Waals surface area contributed by atoms with Crippen molar-refractivity contribution in [3.8, 4) is 5.75 Å². The van der Waals surface area contributed by atoms with Crippen LogP contribution in [0.1, 0.15) is 35.9 Å². The zero-order valence-corrected chi connectivity index (χ0v) is 15.0. The van der Waals surface area contributed by atoms with Crippen molar-refractivity contribution in [3.63, 3.8) is 0 Å². The van der Waals surface area contributed by atoms with E-state index in [1.807, 2.05) is 42.5 Å². The molecule has 2 aliphatic rings. The Labute approximate surface area is 153 Å². The molecule has 2 atom stereocenters. The minimum Gasteiger partial charge on any atom is -0.493 e. The fourth-order valence-corrected chi connectivity index (χ4v) is 3.81. The quantitative estimate of drug-likeness (QED) is 0.810. The Morgan fingerprint density at radius 3 is 2.92 bits per heavy atom. The Balaban J connectivity index is 1.60. The third kappa shape index (κ3) is 3.14. The molecule has 0 saturated heterocycles. The van der Waals surface area contributed by atoms with Gasteiger partial charge in [-0.2, -0.15) is 0 Å². The van der Waals surface area contributed by atoms with Gasteiger partial charge in [0.1, 0.15) is 5.75 Å². The highest BCUT2D eigenvalue weighted by molar-refractivity contribution is 9.10. The van der Waals surface area contributed by atoms with Gasteiger partial charge in [0.2, 0.25) is 11.8 Å². The number of halogens is 1. The average molecular weight is 401 g/mol. The van der Waals surface area contributed by atoms with E-state index >= 15 is 0 Å². The van der Waals surface area contributed by atoms with Crippen LogP contribution in [0.15, 0.2) is 46.9 Å². The molecule has 0 aromatic heterocycles. The smallest absolute Gasteiger partial charge is 0.228 e. The van der Waals surface area contributed by atoms with Gasteiger partial charge in [-0.1, -0.05) is 34.1 Å². The second-order valence-electron chi connectivity index (χ2n) is 6.27. The van der Waals surface area contributed by atoms with Gasteiger partial charge >= 0.3 is 0 Å². The van der Waals surface area contributed by atoms with Crippen molar-refractivity contribution >= 4 is 33.4 Å². The molecule has 2 aromatic rings. The number of hydrogen-bond acceptors (Lipinski definition) is 3. The zero-order chi connectivity index (χ0) is 17.4. The molecule has 0 saturated carbocycles. The van der Waals surface area contributed by atoms with E-state index in [1.54, 1.807) is 0 Å². The van der Waals surface area contributed by atoms with Gasteiger partial charge in [-0.3, -0.25) is 9.59 Å². The maximum Gasteiger partial charge on any atom is 0.228 e. The second kappa shape index (κ2) is 6.52. The summed E-state index contributed by atoms with van der Waals surface area (Å²) in [5, 5.41) is 5.94. The molecule has 2 amide bonds. The molecular formula is C19H17BrN2O3. The number of carbonyl (C=O) groups excluding carboxylic acids is 2. The normalized spacial score (nSPS) is 21.4. The van der Waals surface area contributed by atoms with E-state index in [1.165, 1.54) is 0 Å². The van der Waals surface area contributed by atoms with Gasteiger partial charge in [0.25, 0.3) is 0 Å². The Morgan fingerprint density at radius 1 is 1.20 bits per heavy atom. The summed E-state index contributed by atoms with van der Waals surface area (Å²) in [6.07, 6.45) is 0.868. The van der Waals surface area contributed by atoms with E-state index in [-0.39, 0.29) is 24.3 Å². The van der Waals surface area contributed by atoms with Gasteiger partial charge in [-0.05, 0) is 29.8 Å². The summed E-state index contributed by atoms with van der Waals surface area (Å²) in [4.78, 5) is 24.9. The largest absolute Gasteiger partial charge is 0.493 e. The van der Waals surface area contributed by atoms with E-state index in [0.717, 1.165) is 21.3 Å². The lowest BCUT2D eigenvalue weighted by atomic mass is 9.89. The molecule has 0 spiro atoms. The van der Waals surface area contributed by atoms with Crippen molar-refractivity contribution in [2.24, 2.45) is 0 Å². The predicted octanol–water partition coefficient (Wildman–Crippen LogP) is 3.51. The zero-order valence-electron chi connectivity index (χ0n) is 13.4. The van der Waals surface area contributed by atoms with Crippen molar-refractivity contribution in [2.75, 3.05) is 11.9 Å². The lowest BCUT2D eigenvalue weighted by Gasteiger charge is -2.30. The molecule has 25 heavy (non-hydrogen) atoms. The number of hydrogen-bond donors (Lipinski definition) is 2. The standard InChI is InChI=1S/C19H17BrN2O3/c20-11-5-6-17-14(9-11)16(7-8-25-17)22-19(24)13-10-18(23)21-15-4-2-1-3-12(13)15/h1-6,9,13,16H,7-8,10H2,(H,21,23)(H,22,24). The van der Waals surface area contributed by atoms with Gasteiger partial charge in [0.15, 0.2) is 0 Å². The van der Waals surface area contributed by atoms with Crippen LogP contribution < -0.4 is 15.4 Å². The first-order valence-corrected chi connectivity index (χ1v) is 9.02. The van der Waals surface area contributed by atoms with Crippen LogP contribution in [-0.2, 0) is 9.59 Å². The van der Waals surface area contributed by atoms with Crippen molar-refractivity contribution in [1.29, 1.82) is 0 Å². The molecule has 2 unspecified atom stereocenters. The van der Waals surface area contributed by atoms with Gasteiger partial charge in [-0.25, -0.2) is 0 Å². The average Bonchev–Trinajstić information content (AvgIpc) is 2.61. The lowest BCUT2D eigenvalue weighted by Crippen LogP contribution is -2.38. The van der Waals surface area contributed by atoms with E-state index in [4.69, 9.17) is 4.74 Å². The highest BCUT2D eigenvalue weighted by Gasteiger charge is 2.33. The number of ether oxygens (including phenoxy) is 1. The van der Waals surface area contributed by atoms with Crippen LogP contribution in [0.4, 0.5) is 5.69 Å². The van der Waals surface area contributed by atoms with Gasteiger partial charge in [0.05, 0.1) is 18.6 Å². The minimum atomic E-state index is -0.469. The fraction of sp³-hybridized carbons (Fsp3) is 0.263. The summed E-state index contributed by atoms with van der Waals surface area (Å²) in [7, 11) is 0. The number of carbonyl (C=O) groups is 2. The second-order valence-corrected chi connectivity index (χ2v) is 7.19. The van der Waals surface area contributed by atoms with Crippen LogP contribution in [0.25, 0.3) is 0 Å². The Hall–Kier alpha value is -2.34. The third-order valence-electron chi connectivity index (χ3n) is 4.64. The number of rotatable bonds is 2. The van der Waals surface area contributed by atoms with Gasteiger partial charge < -0.3 is 15.4 Å². The number of amides is 2. The molecule has 4 rings (SSSR count). The van der Waals surface area contributed by atoms with Crippen LogP contribution in [0, 0.1) is 0 Å². The van der Waals surface area contributed by atoms with Crippen molar-refractivity contribution in [2.45, 2.75) is 24.8 Å². The van der Waals surface area contributed by atoms with Crippen LogP contribution in [0.2, 0.25) is 0 Å². The first-order chi connectivity index (χ1) is 12.1. The molecule has 0 radical (unpaired) electrons. The molecule has 5 nitrogen and oxygen atoms in total. The summed E-state index contributed by atoms with van der Waals surface area (Å²) in [6, 6.07) is 13.1. The monoisotopic (exact) mass is 400 g/mol. The summed E-state index contributed by atoms with van der Waals surface area (Å²) in [5.74, 6) is 0.0685. The molecule has 128 valence electrons. The number of fused-ring (bicyclic) bond motifs is 2. The molecule has 0 bridgehead atoms. The molecule has 0 fully saturated rings. The fourth-order valence-electron chi connectivity index (χ4n) is 3.43. The molecular weight excluding hydrogens is 384 g/mol. The first kappa shape index (κ1) is 16.1. The highest BCUT2D eigenvalue weighted by atomic mass is 79.9. The topological polar surface area (TPSA) is 67.4 Å². The first-order valence-electron chi connectivity index (χ1n) is 8.23. The summed E-state index contributed by atoms with van der Waals surface area (Å²) < 4.78 is 6.62. The summed E-state index contributed by atoms with van der Waals surface area (Å²) in [5.41, 5.74) is 2.54.